The van der Waals surface area contributed by atoms with E-state index in [-0.39, 0.29) is 5.82 Å². The number of fused-ring (bicyclic) bond motifs is 3. The van der Waals surface area contributed by atoms with E-state index < -0.39 is 0 Å². The van der Waals surface area contributed by atoms with Crippen molar-refractivity contribution in [2.45, 2.75) is 19.4 Å². The second kappa shape index (κ2) is 2.83. The van der Waals surface area contributed by atoms with Gasteiger partial charge >= 0.3 is 0 Å². The highest BCUT2D eigenvalue weighted by Gasteiger charge is 2.15. The van der Waals surface area contributed by atoms with Gasteiger partial charge in [0.1, 0.15) is 5.82 Å². The van der Waals surface area contributed by atoms with Crippen molar-refractivity contribution in [1.29, 1.82) is 0 Å². The van der Waals surface area contributed by atoms with Crippen molar-refractivity contribution >= 4 is 26.8 Å². The summed E-state index contributed by atoms with van der Waals surface area (Å²) in [4.78, 5) is 0. The average Bonchev–Trinajstić information content (AvgIpc) is 2.68. The summed E-state index contributed by atoms with van der Waals surface area (Å²) in [6.45, 7) is 1.03. The minimum absolute atomic E-state index is 0.176. The van der Waals surface area contributed by atoms with Gasteiger partial charge in [-0.25, -0.2) is 4.39 Å². The zero-order valence-corrected chi connectivity index (χ0v) is 9.14. The summed E-state index contributed by atoms with van der Waals surface area (Å²) in [5.74, 6) is -0.176. The summed E-state index contributed by atoms with van der Waals surface area (Å²) in [6, 6.07) is 5.64. The summed E-state index contributed by atoms with van der Waals surface area (Å²) < 4.78 is 16.1. The fourth-order valence-corrected chi connectivity index (χ4v) is 2.56. The van der Waals surface area contributed by atoms with Gasteiger partial charge in [-0.05, 0) is 47.0 Å². The molecule has 0 amide bonds. The Balaban J connectivity index is 2.39. The zero-order chi connectivity index (χ0) is 9.71. The van der Waals surface area contributed by atoms with Gasteiger partial charge in [0.25, 0.3) is 0 Å². The Morgan fingerprint density at radius 2 is 2.14 bits per heavy atom. The highest BCUT2D eigenvalue weighted by Crippen LogP contribution is 2.29. The Hall–Kier alpha value is -0.830. The lowest BCUT2D eigenvalue weighted by Crippen LogP contribution is -1.91. The first kappa shape index (κ1) is 8.48. The summed E-state index contributed by atoms with van der Waals surface area (Å²) in [5.41, 5.74) is 2.36. The van der Waals surface area contributed by atoms with E-state index in [0.29, 0.717) is 4.47 Å². The van der Waals surface area contributed by atoms with Crippen LogP contribution in [0.5, 0.6) is 0 Å². The van der Waals surface area contributed by atoms with Crippen molar-refractivity contribution in [3.8, 4) is 0 Å². The second-order valence-corrected chi connectivity index (χ2v) is 4.57. The third-order valence-corrected chi connectivity index (χ3v) is 3.45. The van der Waals surface area contributed by atoms with Gasteiger partial charge in [-0.3, -0.25) is 0 Å². The van der Waals surface area contributed by atoms with Crippen molar-refractivity contribution in [3.63, 3.8) is 0 Å². The third kappa shape index (κ3) is 1.05. The number of hydrogen-bond acceptors (Lipinski definition) is 0. The number of aryl methyl sites for hydroxylation is 2. The molecule has 2 heterocycles. The van der Waals surface area contributed by atoms with Crippen LogP contribution in [0.2, 0.25) is 0 Å². The molecule has 3 heteroatoms. The predicted octanol–water partition coefficient (Wildman–Crippen LogP) is 3.49. The number of aromatic nitrogens is 1. The molecule has 0 fully saturated rings. The first-order chi connectivity index (χ1) is 6.75. The summed E-state index contributed by atoms with van der Waals surface area (Å²) >= 11 is 3.21. The van der Waals surface area contributed by atoms with Gasteiger partial charge in [0.2, 0.25) is 0 Å². The van der Waals surface area contributed by atoms with E-state index >= 15 is 0 Å². The second-order valence-electron chi connectivity index (χ2n) is 3.72. The number of rotatable bonds is 0. The molecule has 0 aliphatic carbocycles. The van der Waals surface area contributed by atoms with Crippen LogP contribution in [0.25, 0.3) is 10.9 Å². The molecule has 2 aromatic rings. The fourth-order valence-electron chi connectivity index (χ4n) is 2.20. The SMILES string of the molecule is Fc1cc2c(cc1Br)cc1n2CCC1. The Morgan fingerprint density at radius 1 is 1.29 bits per heavy atom. The van der Waals surface area contributed by atoms with Gasteiger partial charge in [-0.1, -0.05) is 0 Å². The molecule has 0 bridgehead atoms. The first-order valence-corrected chi connectivity index (χ1v) is 5.52. The minimum Gasteiger partial charge on any atom is -0.345 e. The highest BCUT2D eigenvalue weighted by molar-refractivity contribution is 9.10. The smallest absolute Gasteiger partial charge is 0.139 e. The number of halogens is 2. The van der Waals surface area contributed by atoms with E-state index in [1.165, 1.54) is 12.1 Å². The minimum atomic E-state index is -0.176. The maximum atomic E-state index is 13.3. The highest BCUT2D eigenvalue weighted by atomic mass is 79.9. The van der Waals surface area contributed by atoms with Crippen molar-refractivity contribution < 1.29 is 4.39 Å². The lowest BCUT2D eigenvalue weighted by atomic mass is 10.2. The van der Waals surface area contributed by atoms with Crippen LogP contribution in [0.1, 0.15) is 12.1 Å². The van der Waals surface area contributed by atoms with Crippen molar-refractivity contribution in [3.05, 3.63) is 34.2 Å². The van der Waals surface area contributed by atoms with Gasteiger partial charge in [-0.15, -0.1) is 0 Å². The quantitative estimate of drug-likeness (QED) is 0.678. The first-order valence-electron chi connectivity index (χ1n) is 4.73. The topological polar surface area (TPSA) is 4.93 Å². The molecule has 14 heavy (non-hydrogen) atoms. The molecule has 72 valence electrons. The van der Waals surface area contributed by atoms with Gasteiger partial charge in [0, 0.05) is 17.6 Å². The van der Waals surface area contributed by atoms with Gasteiger partial charge in [-0.2, -0.15) is 0 Å². The van der Waals surface area contributed by atoms with Crippen molar-refractivity contribution in [2.24, 2.45) is 0 Å². The van der Waals surface area contributed by atoms with Crippen LogP contribution in [0, 0.1) is 5.82 Å². The van der Waals surface area contributed by atoms with Crippen LogP contribution >= 0.6 is 15.9 Å². The lowest BCUT2D eigenvalue weighted by molar-refractivity contribution is 0.621. The molecule has 0 unspecified atom stereocenters. The van der Waals surface area contributed by atoms with Crippen LogP contribution in [-0.4, -0.2) is 4.57 Å². The Labute approximate surface area is 89.7 Å². The lowest BCUT2D eigenvalue weighted by Gasteiger charge is -2.00. The van der Waals surface area contributed by atoms with E-state index in [1.807, 2.05) is 6.07 Å². The van der Waals surface area contributed by atoms with Crippen LogP contribution in [0.15, 0.2) is 22.7 Å². The number of nitrogens with zero attached hydrogens (tertiary/aromatic N) is 1. The molecule has 0 radical (unpaired) electrons. The summed E-state index contributed by atoms with van der Waals surface area (Å²) in [7, 11) is 0. The maximum absolute atomic E-state index is 13.3. The van der Waals surface area contributed by atoms with E-state index in [0.717, 1.165) is 23.9 Å². The van der Waals surface area contributed by atoms with Crippen LogP contribution in [0.4, 0.5) is 4.39 Å². The monoisotopic (exact) mass is 253 g/mol. The molecule has 0 saturated carbocycles. The van der Waals surface area contributed by atoms with Gasteiger partial charge in [0.05, 0.1) is 9.99 Å². The van der Waals surface area contributed by atoms with Crippen LogP contribution < -0.4 is 0 Å². The van der Waals surface area contributed by atoms with E-state index in [1.54, 1.807) is 6.07 Å². The normalized spacial score (nSPS) is 15.0. The molecule has 3 rings (SSSR count). The molecule has 1 aromatic heterocycles. The molecule has 0 N–H and O–H groups in total. The van der Waals surface area contributed by atoms with Crippen LogP contribution in [0.3, 0.4) is 0 Å². The van der Waals surface area contributed by atoms with E-state index in [2.05, 4.69) is 26.6 Å². The molecular weight excluding hydrogens is 245 g/mol. The Bertz CT molecular complexity index is 515. The third-order valence-electron chi connectivity index (χ3n) is 2.84. The van der Waals surface area contributed by atoms with Gasteiger partial charge in [0.15, 0.2) is 0 Å². The molecule has 1 nitrogen and oxygen atoms in total. The summed E-state index contributed by atoms with van der Waals surface area (Å²) in [5, 5.41) is 1.13. The molecule has 1 aromatic carbocycles. The molecule has 1 aliphatic heterocycles. The fraction of sp³-hybridized carbons (Fsp3) is 0.273. The summed E-state index contributed by atoms with van der Waals surface area (Å²) in [6.07, 6.45) is 2.30. The van der Waals surface area contributed by atoms with Crippen molar-refractivity contribution in [1.82, 2.24) is 4.57 Å². The van der Waals surface area contributed by atoms with E-state index in [4.69, 9.17) is 0 Å². The Kier molecular flexibility index (Phi) is 1.71. The predicted molar refractivity (Wildman–Crippen MR) is 57.9 cm³/mol. The maximum Gasteiger partial charge on any atom is 0.139 e. The molecule has 0 atom stereocenters. The van der Waals surface area contributed by atoms with Gasteiger partial charge < -0.3 is 4.57 Å². The van der Waals surface area contributed by atoms with Crippen molar-refractivity contribution in [2.75, 3.05) is 0 Å². The number of benzene rings is 1. The molecule has 0 spiro atoms. The Morgan fingerprint density at radius 3 is 3.00 bits per heavy atom. The molecule has 1 aliphatic rings. The van der Waals surface area contributed by atoms with E-state index in [9.17, 15) is 4.39 Å². The van der Waals surface area contributed by atoms with Crippen LogP contribution in [-0.2, 0) is 13.0 Å². The largest absolute Gasteiger partial charge is 0.345 e. The zero-order valence-electron chi connectivity index (χ0n) is 7.56. The number of hydrogen-bond donors (Lipinski definition) is 0. The average molecular weight is 254 g/mol. The standard InChI is InChI=1S/C11H9BrFN/c12-9-5-7-4-8-2-1-3-14(8)11(7)6-10(9)13/h4-6H,1-3H2. The molecule has 0 saturated heterocycles. The molecular formula is C11H9BrFN.